The van der Waals surface area contributed by atoms with Crippen LogP contribution in [0.2, 0.25) is 0 Å². The van der Waals surface area contributed by atoms with Gasteiger partial charge in [0.1, 0.15) is 11.9 Å². The minimum atomic E-state index is -0.440. The van der Waals surface area contributed by atoms with Gasteiger partial charge in [0.2, 0.25) is 5.91 Å². The van der Waals surface area contributed by atoms with E-state index in [9.17, 15) is 14.0 Å². The first-order chi connectivity index (χ1) is 13.1. The third kappa shape index (κ3) is 5.06. The van der Waals surface area contributed by atoms with Crippen LogP contribution in [0, 0.1) is 5.82 Å². The molecular formula is C21H29FN2O3. The largest absolute Gasteiger partial charge is 0.464 e. The molecule has 148 valence electrons. The standard InChI is InChI=1S/C21H29FN2O3/c1-2-27-21(26)19-7-3-4-13-24(19)20(25)15-23-12-5-6-18(23)14-16-8-10-17(22)11-9-16/h8-11,18-19H,2-7,12-15H2,1H3/t18-,19+/m0/s1. The van der Waals surface area contributed by atoms with Gasteiger partial charge in [-0.25, -0.2) is 9.18 Å². The molecule has 2 aliphatic heterocycles. The Kier molecular flexibility index (Phi) is 6.83. The third-order valence-corrected chi connectivity index (χ3v) is 5.60. The van der Waals surface area contributed by atoms with Crippen LogP contribution in [0.3, 0.4) is 0 Å². The van der Waals surface area contributed by atoms with Crippen LogP contribution in [0.5, 0.6) is 0 Å². The zero-order chi connectivity index (χ0) is 19.2. The van der Waals surface area contributed by atoms with Gasteiger partial charge in [0.15, 0.2) is 0 Å². The van der Waals surface area contributed by atoms with Crippen molar-refractivity contribution in [2.24, 2.45) is 0 Å². The first-order valence-corrected chi connectivity index (χ1v) is 10.0. The summed E-state index contributed by atoms with van der Waals surface area (Å²) in [4.78, 5) is 29.1. The average Bonchev–Trinajstić information content (AvgIpc) is 3.10. The number of nitrogens with zero attached hydrogens (tertiary/aromatic N) is 2. The molecule has 0 aromatic heterocycles. The van der Waals surface area contributed by atoms with Crippen molar-refractivity contribution < 1.29 is 18.7 Å². The SMILES string of the molecule is CCOC(=O)[C@H]1CCCCN1C(=O)CN1CCC[C@H]1Cc1ccc(F)cc1. The number of carbonyl (C=O) groups excluding carboxylic acids is 2. The van der Waals surface area contributed by atoms with Crippen molar-refractivity contribution in [3.63, 3.8) is 0 Å². The number of esters is 1. The highest BCUT2D eigenvalue weighted by atomic mass is 19.1. The molecule has 2 aliphatic rings. The Morgan fingerprint density at radius 2 is 1.89 bits per heavy atom. The quantitative estimate of drug-likeness (QED) is 0.717. The highest BCUT2D eigenvalue weighted by Gasteiger charge is 2.35. The maximum atomic E-state index is 13.1. The lowest BCUT2D eigenvalue weighted by atomic mass is 10.0. The smallest absolute Gasteiger partial charge is 0.328 e. The summed E-state index contributed by atoms with van der Waals surface area (Å²) < 4.78 is 18.3. The number of benzene rings is 1. The zero-order valence-electron chi connectivity index (χ0n) is 16.0. The highest BCUT2D eigenvalue weighted by Crippen LogP contribution is 2.23. The van der Waals surface area contributed by atoms with E-state index in [1.165, 1.54) is 12.1 Å². The van der Waals surface area contributed by atoms with Gasteiger partial charge in [-0.05, 0) is 69.7 Å². The number of likely N-dealkylation sites (tertiary alicyclic amines) is 2. The van der Waals surface area contributed by atoms with E-state index >= 15 is 0 Å². The lowest BCUT2D eigenvalue weighted by molar-refractivity contribution is -0.157. The fourth-order valence-corrected chi connectivity index (χ4v) is 4.21. The van der Waals surface area contributed by atoms with Crippen molar-refractivity contribution in [2.45, 2.75) is 57.5 Å². The Bertz CT molecular complexity index is 649. The van der Waals surface area contributed by atoms with Gasteiger partial charge in [0.05, 0.1) is 13.2 Å². The Hall–Kier alpha value is -1.95. The van der Waals surface area contributed by atoms with Gasteiger partial charge >= 0.3 is 5.97 Å². The second-order valence-corrected chi connectivity index (χ2v) is 7.45. The van der Waals surface area contributed by atoms with E-state index in [4.69, 9.17) is 4.74 Å². The fraction of sp³-hybridized carbons (Fsp3) is 0.619. The number of halogens is 1. The topological polar surface area (TPSA) is 49.9 Å². The number of hydrogen-bond donors (Lipinski definition) is 0. The molecule has 2 heterocycles. The van der Waals surface area contributed by atoms with Gasteiger partial charge in [-0.15, -0.1) is 0 Å². The fourth-order valence-electron chi connectivity index (χ4n) is 4.21. The van der Waals surface area contributed by atoms with Crippen LogP contribution in [0.15, 0.2) is 24.3 Å². The van der Waals surface area contributed by atoms with E-state index in [0.29, 0.717) is 26.1 Å². The molecule has 1 aromatic rings. The molecule has 0 aliphatic carbocycles. The van der Waals surface area contributed by atoms with Crippen LogP contribution in [-0.2, 0) is 20.7 Å². The Morgan fingerprint density at radius 3 is 2.63 bits per heavy atom. The van der Waals surface area contributed by atoms with Crippen molar-refractivity contribution in [2.75, 3.05) is 26.2 Å². The van der Waals surface area contributed by atoms with Crippen molar-refractivity contribution >= 4 is 11.9 Å². The summed E-state index contributed by atoms with van der Waals surface area (Å²) in [5.74, 6) is -0.499. The molecule has 1 aromatic carbocycles. The molecule has 0 unspecified atom stereocenters. The molecule has 6 heteroatoms. The Balaban J connectivity index is 1.61. The number of ether oxygens (including phenoxy) is 1. The molecular weight excluding hydrogens is 347 g/mol. The van der Waals surface area contributed by atoms with Crippen LogP contribution < -0.4 is 0 Å². The summed E-state index contributed by atoms with van der Waals surface area (Å²) in [7, 11) is 0. The van der Waals surface area contributed by atoms with Crippen LogP contribution in [0.25, 0.3) is 0 Å². The van der Waals surface area contributed by atoms with Gasteiger partial charge in [-0.3, -0.25) is 9.69 Å². The van der Waals surface area contributed by atoms with Crippen LogP contribution >= 0.6 is 0 Å². The van der Waals surface area contributed by atoms with Gasteiger partial charge in [0, 0.05) is 12.6 Å². The number of amides is 1. The first-order valence-electron chi connectivity index (χ1n) is 10.0. The van der Waals surface area contributed by atoms with E-state index in [1.54, 1.807) is 11.8 Å². The molecule has 2 saturated heterocycles. The zero-order valence-corrected chi connectivity index (χ0v) is 16.0. The van der Waals surface area contributed by atoms with Crippen molar-refractivity contribution in [1.82, 2.24) is 9.80 Å². The summed E-state index contributed by atoms with van der Waals surface area (Å²) in [6.07, 6.45) is 5.47. The predicted octanol–water partition coefficient (Wildman–Crippen LogP) is 2.78. The maximum absolute atomic E-state index is 13.1. The predicted molar refractivity (Wildman–Crippen MR) is 101 cm³/mol. The minimum absolute atomic E-state index is 0.0127. The van der Waals surface area contributed by atoms with E-state index in [0.717, 1.165) is 44.2 Å². The molecule has 0 radical (unpaired) electrons. The summed E-state index contributed by atoms with van der Waals surface area (Å²) >= 11 is 0. The van der Waals surface area contributed by atoms with Crippen molar-refractivity contribution in [1.29, 1.82) is 0 Å². The molecule has 0 spiro atoms. The molecule has 0 bridgehead atoms. The summed E-state index contributed by atoms with van der Waals surface area (Å²) in [6.45, 7) is 3.97. The third-order valence-electron chi connectivity index (χ3n) is 5.60. The van der Waals surface area contributed by atoms with Crippen LogP contribution in [-0.4, -0.2) is 60.0 Å². The second kappa shape index (κ2) is 9.31. The molecule has 5 nitrogen and oxygen atoms in total. The molecule has 2 fully saturated rings. The molecule has 1 amide bonds. The van der Waals surface area contributed by atoms with Crippen molar-refractivity contribution in [3.8, 4) is 0 Å². The monoisotopic (exact) mass is 376 g/mol. The Morgan fingerprint density at radius 1 is 1.11 bits per heavy atom. The number of piperidine rings is 1. The van der Waals surface area contributed by atoms with Gasteiger partial charge in [-0.1, -0.05) is 12.1 Å². The van der Waals surface area contributed by atoms with Gasteiger partial charge < -0.3 is 9.64 Å². The average molecular weight is 376 g/mol. The lowest BCUT2D eigenvalue weighted by Gasteiger charge is -2.36. The van der Waals surface area contributed by atoms with Gasteiger partial charge in [-0.2, -0.15) is 0 Å². The molecule has 2 atom stereocenters. The molecule has 0 N–H and O–H groups in total. The van der Waals surface area contributed by atoms with E-state index in [-0.39, 0.29) is 23.7 Å². The van der Waals surface area contributed by atoms with Crippen molar-refractivity contribution in [3.05, 3.63) is 35.6 Å². The summed E-state index contributed by atoms with van der Waals surface area (Å²) in [6, 6.07) is 6.44. The first kappa shape index (κ1) is 19.8. The number of hydrogen-bond acceptors (Lipinski definition) is 4. The van der Waals surface area contributed by atoms with Crippen LogP contribution in [0.1, 0.15) is 44.6 Å². The molecule has 3 rings (SSSR count). The highest BCUT2D eigenvalue weighted by molar-refractivity contribution is 5.85. The summed E-state index contributed by atoms with van der Waals surface area (Å²) in [5.41, 5.74) is 1.09. The maximum Gasteiger partial charge on any atom is 0.328 e. The normalized spacial score (nSPS) is 23.4. The van der Waals surface area contributed by atoms with Crippen LogP contribution in [0.4, 0.5) is 4.39 Å². The minimum Gasteiger partial charge on any atom is -0.464 e. The lowest BCUT2D eigenvalue weighted by Crippen LogP contribution is -2.52. The van der Waals surface area contributed by atoms with E-state index in [2.05, 4.69) is 4.90 Å². The van der Waals surface area contributed by atoms with E-state index < -0.39 is 6.04 Å². The molecule has 0 saturated carbocycles. The molecule has 27 heavy (non-hydrogen) atoms. The summed E-state index contributed by atoms with van der Waals surface area (Å²) in [5, 5.41) is 0. The number of rotatable bonds is 6. The number of carbonyl (C=O) groups is 2. The van der Waals surface area contributed by atoms with Gasteiger partial charge in [0.25, 0.3) is 0 Å². The second-order valence-electron chi connectivity index (χ2n) is 7.45. The Labute approximate surface area is 160 Å². The van der Waals surface area contributed by atoms with E-state index in [1.807, 2.05) is 12.1 Å².